The molecule has 6 nitrogen and oxygen atoms in total. The molecule has 1 aromatic carbocycles. The number of anilines is 1. The van der Waals surface area contributed by atoms with Gasteiger partial charge >= 0.3 is 0 Å². The quantitative estimate of drug-likeness (QED) is 0.851. The standard InChI is InChI=1S/C14H17N3O3S/c1-19-11-4-3-9(7-12(11)20-2)16-14(18)10-8-21-13(17-10)5-6-15/h3-4,7-8H,5-6,15H2,1-2H3,(H,16,18). The minimum Gasteiger partial charge on any atom is -0.493 e. The summed E-state index contributed by atoms with van der Waals surface area (Å²) in [7, 11) is 3.10. The van der Waals surface area contributed by atoms with Crippen molar-refractivity contribution < 1.29 is 14.3 Å². The van der Waals surface area contributed by atoms with Gasteiger partial charge < -0.3 is 20.5 Å². The zero-order valence-electron chi connectivity index (χ0n) is 11.9. The van der Waals surface area contributed by atoms with Crippen molar-refractivity contribution >= 4 is 22.9 Å². The van der Waals surface area contributed by atoms with Crippen LogP contribution in [0.1, 0.15) is 15.5 Å². The molecule has 0 bridgehead atoms. The van der Waals surface area contributed by atoms with Gasteiger partial charge in [-0.15, -0.1) is 11.3 Å². The number of carbonyl (C=O) groups is 1. The van der Waals surface area contributed by atoms with E-state index in [0.29, 0.717) is 35.8 Å². The van der Waals surface area contributed by atoms with Gasteiger partial charge in [0.2, 0.25) is 0 Å². The van der Waals surface area contributed by atoms with Crippen molar-refractivity contribution in [1.82, 2.24) is 4.98 Å². The van der Waals surface area contributed by atoms with E-state index in [4.69, 9.17) is 15.2 Å². The molecule has 0 saturated carbocycles. The number of nitrogens with zero attached hydrogens (tertiary/aromatic N) is 1. The van der Waals surface area contributed by atoms with Crippen molar-refractivity contribution in [3.63, 3.8) is 0 Å². The van der Waals surface area contributed by atoms with Crippen LogP contribution in [0.4, 0.5) is 5.69 Å². The molecular formula is C14H17N3O3S. The number of thiazole rings is 1. The fourth-order valence-corrected chi connectivity index (χ4v) is 2.56. The molecule has 0 saturated heterocycles. The summed E-state index contributed by atoms with van der Waals surface area (Å²) < 4.78 is 10.3. The van der Waals surface area contributed by atoms with Crippen molar-refractivity contribution in [2.75, 3.05) is 26.1 Å². The number of methoxy groups -OCH3 is 2. The molecule has 1 heterocycles. The van der Waals surface area contributed by atoms with Gasteiger partial charge in [0.1, 0.15) is 5.69 Å². The zero-order valence-corrected chi connectivity index (χ0v) is 12.7. The molecule has 2 aromatic rings. The third-order valence-corrected chi connectivity index (χ3v) is 3.69. The lowest BCUT2D eigenvalue weighted by molar-refractivity contribution is 0.102. The normalized spacial score (nSPS) is 10.2. The minimum atomic E-state index is -0.262. The average Bonchev–Trinajstić information content (AvgIpc) is 2.96. The molecule has 3 N–H and O–H groups in total. The first kappa shape index (κ1) is 15.3. The Morgan fingerprint density at radius 3 is 2.76 bits per heavy atom. The van der Waals surface area contributed by atoms with E-state index in [1.807, 2.05) is 0 Å². The third-order valence-electron chi connectivity index (χ3n) is 2.78. The van der Waals surface area contributed by atoms with E-state index >= 15 is 0 Å². The fraction of sp³-hybridized carbons (Fsp3) is 0.286. The summed E-state index contributed by atoms with van der Waals surface area (Å²) in [5.74, 6) is 0.897. The van der Waals surface area contributed by atoms with Gasteiger partial charge in [0.15, 0.2) is 11.5 Å². The molecule has 0 atom stereocenters. The van der Waals surface area contributed by atoms with E-state index < -0.39 is 0 Å². The maximum Gasteiger partial charge on any atom is 0.275 e. The van der Waals surface area contributed by atoms with Gasteiger partial charge in [-0.1, -0.05) is 0 Å². The number of amides is 1. The van der Waals surface area contributed by atoms with Crippen molar-refractivity contribution in [2.45, 2.75) is 6.42 Å². The van der Waals surface area contributed by atoms with Gasteiger partial charge in [-0.05, 0) is 18.7 Å². The Kier molecular flexibility index (Phi) is 5.13. The molecule has 1 aromatic heterocycles. The number of hydrogen-bond acceptors (Lipinski definition) is 6. The van der Waals surface area contributed by atoms with Crippen LogP contribution < -0.4 is 20.5 Å². The molecule has 2 rings (SSSR count). The number of nitrogens with one attached hydrogen (secondary N) is 1. The summed E-state index contributed by atoms with van der Waals surface area (Å²) in [5, 5.41) is 5.36. The van der Waals surface area contributed by atoms with Gasteiger partial charge in [-0.2, -0.15) is 0 Å². The maximum atomic E-state index is 12.1. The Morgan fingerprint density at radius 1 is 1.33 bits per heavy atom. The molecule has 0 spiro atoms. The molecule has 112 valence electrons. The lowest BCUT2D eigenvalue weighted by atomic mass is 10.2. The highest BCUT2D eigenvalue weighted by Crippen LogP contribution is 2.29. The highest BCUT2D eigenvalue weighted by Gasteiger charge is 2.12. The van der Waals surface area contributed by atoms with Crippen LogP contribution in [0.5, 0.6) is 11.5 Å². The second-order valence-electron chi connectivity index (χ2n) is 4.19. The Bertz CT molecular complexity index is 628. The lowest BCUT2D eigenvalue weighted by Crippen LogP contribution is -2.13. The molecule has 0 radical (unpaired) electrons. The number of nitrogens with two attached hydrogens (primary N) is 1. The molecule has 7 heteroatoms. The summed E-state index contributed by atoms with van der Waals surface area (Å²) in [6, 6.07) is 5.17. The topological polar surface area (TPSA) is 86.5 Å². The molecular weight excluding hydrogens is 290 g/mol. The van der Waals surface area contributed by atoms with Crippen molar-refractivity contribution in [1.29, 1.82) is 0 Å². The number of aromatic nitrogens is 1. The van der Waals surface area contributed by atoms with Gasteiger partial charge in [-0.25, -0.2) is 4.98 Å². The summed E-state index contributed by atoms with van der Waals surface area (Å²) in [6.45, 7) is 0.518. The zero-order chi connectivity index (χ0) is 15.2. The minimum absolute atomic E-state index is 0.262. The van der Waals surface area contributed by atoms with E-state index in [9.17, 15) is 4.79 Å². The maximum absolute atomic E-state index is 12.1. The summed E-state index contributed by atoms with van der Waals surface area (Å²) >= 11 is 1.43. The molecule has 0 aliphatic carbocycles. The van der Waals surface area contributed by atoms with E-state index in [-0.39, 0.29) is 5.91 Å². The number of hydrogen-bond donors (Lipinski definition) is 2. The SMILES string of the molecule is COc1ccc(NC(=O)c2csc(CCN)n2)cc1OC. The van der Waals surface area contributed by atoms with E-state index in [1.54, 1.807) is 37.8 Å². The molecule has 0 fully saturated rings. The van der Waals surface area contributed by atoms with E-state index in [2.05, 4.69) is 10.3 Å². The predicted octanol–water partition coefficient (Wildman–Crippen LogP) is 1.91. The Morgan fingerprint density at radius 2 is 2.10 bits per heavy atom. The third kappa shape index (κ3) is 3.71. The van der Waals surface area contributed by atoms with Crippen LogP contribution in [0.25, 0.3) is 0 Å². The Labute approximate surface area is 126 Å². The average molecular weight is 307 g/mol. The van der Waals surface area contributed by atoms with E-state index in [0.717, 1.165) is 5.01 Å². The summed E-state index contributed by atoms with van der Waals surface area (Å²) in [4.78, 5) is 16.4. The molecule has 0 unspecified atom stereocenters. The highest BCUT2D eigenvalue weighted by molar-refractivity contribution is 7.09. The number of benzene rings is 1. The molecule has 0 aliphatic rings. The van der Waals surface area contributed by atoms with Crippen LogP contribution in [-0.4, -0.2) is 31.7 Å². The van der Waals surface area contributed by atoms with Crippen LogP contribution in [0.15, 0.2) is 23.6 Å². The van der Waals surface area contributed by atoms with Crippen LogP contribution in [0.3, 0.4) is 0 Å². The Balaban J connectivity index is 2.11. The first-order chi connectivity index (χ1) is 10.2. The largest absolute Gasteiger partial charge is 0.493 e. The fourth-order valence-electron chi connectivity index (χ4n) is 1.76. The van der Waals surface area contributed by atoms with Crippen LogP contribution in [0, 0.1) is 0 Å². The van der Waals surface area contributed by atoms with Crippen molar-refractivity contribution in [3.05, 3.63) is 34.3 Å². The first-order valence-electron chi connectivity index (χ1n) is 6.35. The number of carbonyl (C=O) groups excluding carboxylic acids is 1. The Hall–Kier alpha value is -2.12. The van der Waals surface area contributed by atoms with E-state index in [1.165, 1.54) is 11.3 Å². The van der Waals surface area contributed by atoms with Crippen LogP contribution in [-0.2, 0) is 6.42 Å². The predicted molar refractivity (Wildman–Crippen MR) is 82.4 cm³/mol. The summed E-state index contributed by atoms with van der Waals surface area (Å²) in [5.41, 5.74) is 6.47. The molecule has 21 heavy (non-hydrogen) atoms. The monoisotopic (exact) mass is 307 g/mol. The number of rotatable bonds is 6. The van der Waals surface area contributed by atoms with Gasteiger partial charge in [-0.3, -0.25) is 4.79 Å². The number of ether oxygens (including phenoxy) is 2. The molecule has 1 amide bonds. The van der Waals surface area contributed by atoms with Gasteiger partial charge in [0.05, 0.1) is 19.2 Å². The van der Waals surface area contributed by atoms with Crippen LogP contribution in [0.2, 0.25) is 0 Å². The highest BCUT2D eigenvalue weighted by atomic mass is 32.1. The smallest absolute Gasteiger partial charge is 0.275 e. The van der Waals surface area contributed by atoms with Crippen molar-refractivity contribution in [3.8, 4) is 11.5 Å². The second kappa shape index (κ2) is 7.05. The first-order valence-corrected chi connectivity index (χ1v) is 7.23. The lowest BCUT2D eigenvalue weighted by Gasteiger charge is -2.09. The van der Waals surface area contributed by atoms with Gasteiger partial charge in [0.25, 0.3) is 5.91 Å². The second-order valence-corrected chi connectivity index (χ2v) is 5.13. The van der Waals surface area contributed by atoms with Gasteiger partial charge in [0, 0.05) is 23.6 Å². The van der Waals surface area contributed by atoms with Crippen LogP contribution >= 0.6 is 11.3 Å². The van der Waals surface area contributed by atoms with Crippen molar-refractivity contribution in [2.24, 2.45) is 5.73 Å². The molecule has 0 aliphatic heterocycles. The summed E-state index contributed by atoms with van der Waals surface area (Å²) in [6.07, 6.45) is 0.675.